The number of aliphatic hydroxyl groups is 1. The van der Waals surface area contributed by atoms with E-state index in [1.807, 2.05) is 38.1 Å². The third-order valence-corrected chi connectivity index (χ3v) is 7.08. The topological polar surface area (TPSA) is 109 Å². The van der Waals surface area contributed by atoms with Crippen LogP contribution in [0.2, 0.25) is 0 Å². The normalized spacial score (nSPS) is 18.8. The van der Waals surface area contributed by atoms with Crippen LogP contribution in [0.25, 0.3) is 22.3 Å². The predicted molar refractivity (Wildman–Crippen MR) is 127 cm³/mol. The van der Waals surface area contributed by atoms with Gasteiger partial charge in [0.15, 0.2) is 0 Å². The van der Waals surface area contributed by atoms with E-state index in [9.17, 15) is 18.3 Å². The zero-order valence-corrected chi connectivity index (χ0v) is 19.9. The quantitative estimate of drug-likeness (QED) is 0.589. The van der Waals surface area contributed by atoms with Crippen LogP contribution in [0.5, 0.6) is 0 Å². The zero-order chi connectivity index (χ0) is 23.9. The molecule has 2 N–H and O–H groups in total. The minimum atomic E-state index is -3.64. The molecule has 0 saturated carbocycles. The van der Waals surface area contributed by atoms with Crippen molar-refractivity contribution in [3.05, 3.63) is 53.1 Å². The lowest BCUT2D eigenvalue weighted by Gasteiger charge is -2.24. The molecule has 1 aliphatic rings. The van der Waals surface area contributed by atoms with Crippen molar-refractivity contribution in [2.24, 2.45) is 0 Å². The number of nitrogens with zero attached hydrogens (tertiary/aromatic N) is 1. The SMILES string of the molecule is CNC(=O)c1c(-c2ccc(C)cc2)oc2cc3c(cc12)[C@H](C)O[C@@H](CCO)CN3S(C)(=O)=O. The molecule has 0 bridgehead atoms. The molecule has 8 nitrogen and oxygen atoms in total. The molecule has 2 heterocycles. The van der Waals surface area contributed by atoms with E-state index in [4.69, 9.17) is 9.15 Å². The Hall–Kier alpha value is -2.88. The van der Waals surface area contributed by atoms with Crippen molar-refractivity contribution in [1.82, 2.24) is 5.32 Å². The molecule has 0 radical (unpaired) electrons. The number of hydrogen-bond donors (Lipinski definition) is 2. The Bertz CT molecular complexity index is 1300. The number of nitrogens with one attached hydrogen (secondary N) is 1. The molecule has 2 aromatic carbocycles. The molecule has 3 aromatic rings. The number of sulfonamides is 1. The second kappa shape index (κ2) is 8.81. The number of amides is 1. The lowest BCUT2D eigenvalue weighted by molar-refractivity contribution is -0.00546. The lowest BCUT2D eigenvalue weighted by atomic mass is 10.00. The minimum absolute atomic E-state index is 0.0794. The van der Waals surface area contributed by atoms with Crippen molar-refractivity contribution in [1.29, 1.82) is 0 Å². The van der Waals surface area contributed by atoms with E-state index in [0.717, 1.165) is 17.4 Å². The molecule has 0 fully saturated rings. The molecule has 0 saturated heterocycles. The Balaban J connectivity index is 1.98. The third kappa shape index (κ3) is 4.36. The number of hydrogen-bond acceptors (Lipinski definition) is 6. The average molecular weight is 473 g/mol. The van der Waals surface area contributed by atoms with Crippen LogP contribution in [0.3, 0.4) is 0 Å². The Kier molecular flexibility index (Phi) is 6.22. The summed E-state index contributed by atoms with van der Waals surface area (Å²) in [5.74, 6) is 0.117. The van der Waals surface area contributed by atoms with Gasteiger partial charge < -0.3 is 19.6 Å². The number of rotatable bonds is 5. The first-order valence-corrected chi connectivity index (χ1v) is 12.6. The van der Waals surface area contributed by atoms with Gasteiger partial charge in [-0.1, -0.05) is 29.8 Å². The molecule has 33 heavy (non-hydrogen) atoms. The van der Waals surface area contributed by atoms with E-state index in [-0.39, 0.29) is 19.1 Å². The first-order chi connectivity index (χ1) is 15.6. The second-order valence-electron chi connectivity index (χ2n) is 8.37. The monoisotopic (exact) mass is 472 g/mol. The highest BCUT2D eigenvalue weighted by atomic mass is 32.2. The van der Waals surface area contributed by atoms with E-state index < -0.39 is 22.2 Å². The maximum atomic E-state index is 12.9. The molecule has 1 amide bonds. The number of furan rings is 1. The zero-order valence-electron chi connectivity index (χ0n) is 19.1. The summed E-state index contributed by atoms with van der Waals surface area (Å²) in [4.78, 5) is 12.9. The van der Waals surface area contributed by atoms with Crippen molar-refractivity contribution in [3.63, 3.8) is 0 Å². The number of anilines is 1. The number of ether oxygens (including phenoxy) is 1. The molecule has 176 valence electrons. The summed E-state index contributed by atoms with van der Waals surface area (Å²) in [7, 11) is -2.08. The smallest absolute Gasteiger partial charge is 0.255 e. The molecule has 2 atom stereocenters. The first kappa shape index (κ1) is 23.3. The molecule has 0 spiro atoms. The molecular weight excluding hydrogens is 444 g/mol. The molecule has 0 unspecified atom stereocenters. The van der Waals surface area contributed by atoms with Crippen molar-refractivity contribution >= 4 is 32.6 Å². The second-order valence-corrected chi connectivity index (χ2v) is 10.3. The van der Waals surface area contributed by atoms with Crippen molar-refractivity contribution < 1.29 is 27.5 Å². The third-order valence-electron chi connectivity index (χ3n) is 5.93. The van der Waals surface area contributed by atoms with Gasteiger partial charge in [0.25, 0.3) is 5.91 Å². The summed E-state index contributed by atoms with van der Waals surface area (Å²) < 4.78 is 38.9. The Labute approximate surface area is 193 Å². The minimum Gasteiger partial charge on any atom is -0.455 e. The van der Waals surface area contributed by atoms with Crippen LogP contribution >= 0.6 is 0 Å². The predicted octanol–water partition coefficient (Wildman–Crippen LogP) is 3.38. The highest BCUT2D eigenvalue weighted by Gasteiger charge is 2.33. The summed E-state index contributed by atoms with van der Waals surface area (Å²) >= 11 is 0. The maximum Gasteiger partial charge on any atom is 0.255 e. The summed E-state index contributed by atoms with van der Waals surface area (Å²) in [6, 6.07) is 11.1. The van der Waals surface area contributed by atoms with E-state index >= 15 is 0 Å². The average Bonchev–Trinajstić information content (AvgIpc) is 3.07. The van der Waals surface area contributed by atoms with Gasteiger partial charge in [-0.25, -0.2) is 8.42 Å². The fourth-order valence-corrected chi connectivity index (χ4v) is 5.21. The Morgan fingerprint density at radius 1 is 1.24 bits per heavy atom. The van der Waals surface area contributed by atoms with E-state index in [1.165, 1.54) is 4.31 Å². The summed E-state index contributed by atoms with van der Waals surface area (Å²) in [6.07, 6.45) is 0.521. The van der Waals surface area contributed by atoms with Gasteiger partial charge in [0, 0.05) is 36.2 Å². The molecular formula is C24H28N2O6S. The van der Waals surface area contributed by atoms with Gasteiger partial charge in [-0.2, -0.15) is 0 Å². The number of aryl methyl sites for hydroxylation is 1. The number of fused-ring (bicyclic) bond motifs is 2. The fourth-order valence-electron chi connectivity index (χ4n) is 4.25. The Morgan fingerprint density at radius 2 is 1.94 bits per heavy atom. The summed E-state index contributed by atoms with van der Waals surface area (Å²) in [5.41, 5.74) is 3.70. The van der Waals surface area contributed by atoms with Crippen LogP contribution in [0, 0.1) is 6.92 Å². The van der Waals surface area contributed by atoms with Crippen molar-refractivity contribution in [2.75, 3.05) is 30.8 Å². The molecule has 1 aromatic heterocycles. The van der Waals surface area contributed by atoms with Crippen LogP contribution in [0.15, 0.2) is 40.8 Å². The first-order valence-electron chi connectivity index (χ1n) is 10.8. The molecule has 1 aliphatic heterocycles. The summed E-state index contributed by atoms with van der Waals surface area (Å²) in [6.45, 7) is 3.77. The van der Waals surface area contributed by atoms with Crippen LogP contribution in [-0.2, 0) is 14.8 Å². The van der Waals surface area contributed by atoms with Gasteiger partial charge in [0.2, 0.25) is 10.0 Å². The highest BCUT2D eigenvalue weighted by molar-refractivity contribution is 7.92. The van der Waals surface area contributed by atoms with Crippen LogP contribution < -0.4 is 9.62 Å². The van der Waals surface area contributed by atoms with E-state index in [1.54, 1.807) is 19.2 Å². The highest BCUT2D eigenvalue weighted by Crippen LogP contribution is 2.42. The largest absolute Gasteiger partial charge is 0.455 e. The van der Waals surface area contributed by atoms with Gasteiger partial charge in [-0.3, -0.25) is 9.10 Å². The molecule has 9 heteroatoms. The number of benzene rings is 2. The van der Waals surface area contributed by atoms with Gasteiger partial charge in [0.05, 0.1) is 36.3 Å². The van der Waals surface area contributed by atoms with Crippen molar-refractivity contribution in [3.8, 4) is 11.3 Å². The van der Waals surface area contributed by atoms with Gasteiger partial charge in [-0.15, -0.1) is 0 Å². The van der Waals surface area contributed by atoms with Crippen LogP contribution in [-0.4, -0.2) is 52.0 Å². The lowest BCUT2D eigenvalue weighted by Crippen LogP contribution is -2.37. The van der Waals surface area contributed by atoms with Gasteiger partial charge in [0.1, 0.15) is 11.3 Å². The maximum absolute atomic E-state index is 12.9. The van der Waals surface area contributed by atoms with Gasteiger partial charge in [-0.05, 0) is 26.3 Å². The summed E-state index contributed by atoms with van der Waals surface area (Å²) in [5, 5.41) is 12.7. The Morgan fingerprint density at radius 3 is 2.55 bits per heavy atom. The van der Waals surface area contributed by atoms with Crippen molar-refractivity contribution in [2.45, 2.75) is 32.5 Å². The standard InChI is InChI=1S/C24H28N2O6S/c1-14-5-7-16(8-6-14)23-22(24(28)25-3)19-11-18-15(2)31-17(9-10-27)13-26(33(4,29)30)20(18)12-21(19)32-23/h5-8,11-12,15,17,27H,9-10,13H2,1-4H3,(H,25,28)/t15-,17-/m0/s1. The van der Waals surface area contributed by atoms with Crippen LogP contribution in [0.4, 0.5) is 5.69 Å². The molecule has 0 aliphatic carbocycles. The fraction of sp³-hybridized carbons (Fsp3) is 0.375. The number of carbonyl (C=O) groups excluding carboxylic acids is 1. The van der Waals surface area contributed by atoms with E-state index in [2.05, 4.69) is 5.32 Å². The molecule has 4 rings (SSSR count). The van der Waals surface area contributed by atoms with E-state index in [0.29, 0.717) is 40.0 Å². The number of aliphatic hydroxyl groups excluding tert-OH is 1. The van der Waals surface area contributed by atoms with Gasteiger partial charge >= 0.3 is 0 Å². The van der Waals surface area contributed by atoms with Crippen LogP contribution in [0.1, 0.15) is 40.9 Å². The number of carbonyl (C=O) groups is 1.